The Hall–Kier alpha value is -2.27. The molecule has 4 rings (SSSR count). The van der Waals surface area contributed by atoms with Crippen LogP contribution in [0.25, 0.3) is 0 Å². The minimum Gasteiger partial charge on any atom is -0.371 e. The smallest absolute Gasteiger partial charge is 0.315 e. The maximum absolute atomic E-state index is 12.1. The normalized spacial score (nSPS) is 23.9. The first-order chi connectivity index (χ1) is 13.0. The van der Waals surface area contributed by atoms with Crippen molar-refractivity contribution in [3.8, 4) is 0 Å². The van der Waals surface area contributed by atoms with E-state index >= 15 is 0 Å². The zero-order chi connectivity index (χ0) is 18.9. The molecule has 2 aromatic rings. The molecule has 1 saturated carbocycles. The van der Waals surface area contributed by atoms with Gasteiger partial charge in [-0.3, -0.25) is 4.98 Å². The predicted molar refractivity (Wildman–Crippen MR) is 108 cm³/mol. The highest BCUT2D eigenvalue weighted by Gasteiger charge is 2.48. The van der Waals surface area contributed by atoms with Crippen LogP contribution in [0.15, 0.2) is 42.6 Å². The quantitative estimate of drug-likeness (QED) is 0.840. The number of carbonyl (C=O) groups excluding carboxylic acids is 1. The third-order valence-electron chi connectivity index (χ3n) is 5.74. The molecule has 0 atom stereocenters. The highest BCUT2D eigenvalue weighted by molar-refractivity contribution is 6.30. The van der Waals surface area contributed by atoms with Crippen molar-refractivity contribution in [3.05, 3.63) is 58.9 Å². The van der Waals surface area contributed by atoms with Gasteiger partial charge in [0.25, 0.3) is 0 Å². The van der Waals surface area contributed by atoms with Crippen LogP contribution in [-0.2, 0) is 6.54 Å². The van der Waals surface area contributed by atoms with Crippen molar-refractivity contribution < 1.29 is 4.79 Å². The molecule has 2 amide bonds. The summed E-state index contributed by atoms with van der Waals surface area (Å²) in [4.78, 5) is 18.9. The van der Waals surface area contributed by atoms with Crippen LogP contribution in [0.1, 0.15) is 30.5 Å². The van der Waals surface area contributed by atoms with Crippen molar-refractivity contribution in [2.45, 2.75) is 38.8 Å². The number of carbonyl (C=O) groups is 1. The maximum Gasteiger partial charge on any atom is 0.315 e. The van der Waals surface area contributed by atoms with E-state index in [1.165, 1.54) is 12.1 Å². The van der Waals surface area contributed by atoms with Gasteiger partial charge in [0, 0.05) is 48.3 Å². The largest absolute Gasteiger partial charge is 0.371 e. The van der Waals surface area contributed by atoms with Crippen molar-refractivity contribution in [2.75, 3.05) is 18.0 Å². The van der Waals surface area contributed by atoms with Crippen molar-refractivity contribution in [1.82, 2.24) is 15.6 Å². The minimum absolute atomic E-state index is 0.0931. The summed E-state index contributed by atoms with van der Waals surface area (Å²) in [6.07, 6.45) is 5.19. The van der Waals surface area contributed by atoms with Gasteiger partial charge in [0.15, 0.2) is 0 Å². The summed E-state index contributed by atoms with van der Waals surface area (Å²) in [5.74, 6) is 0. The summed E-state index contributed by atoms with van der Waals surface area (Å²) in [6.45, 7) is 4.69. The average Bonchev–Trinajstić information content (AvgIpc) is 3.06. The Kier molecular flexibility index (Phi) is 4.96. The first kappa shape index (κ1) is 18.1. The Balaban J connectivity index is 1.22. The Bertz CT molecular complexity index is 817. The van der Waals surface area contributed by atoms with Gasteiger partial charge in [-0.25, -0.2) is 4.79 Å². The summed E-state index contributed by atoms with van der Waals surface area (Å²) in [5.41, 5.74) is 3.71. The number of halogens is 1. The topological polar surface area (TPSA) is 57.3 Å². The monoisotopic (exact) mass is 384 g/mol. The Morgan fingerprint density at radius 2 is 2.07 bits per heavy atom. The number of hydrogen-bond donors (Lipinski definition) is 2. The van der Waals surface area contributed by atoms with E-state index in [4.69, 9.17) is 11.6 Å². The number of nitrogens with zero attached hydrogens (tertiary/aromatic N) is 2. The standard InChI is InChI=1S/C21H25ClN4O/c1-15-10-19(6-8-23-15)26-9-7-21(14-26)11-18(12-21)25-20(27)24-13-16-2-4-17(22)5-3-16/h2-6,8,10,18H,7,9,11-14H2,1H3,(H2,24,25,27)/t18-,21+. The molecule has 27 heavy (non-hydrogen) atoms. The molecular weight excluding hydrogens is 360 g/mol. The van der Waals surface area contributed by atoms with Crippen molar-refractivity contribution in [2.24, 2.45) is 5.41 Å². The van der Waals surface area contributed by atoms with E-state index in [2.05, 4.69) is 32.7 Å². The van der Waals surface area contributed by atoms with Crippen LogP contribution in [0.5, 0.6) is 0 Å². The van der Waals surface area contributed by atoms with Gasteiger partial charge in [0.1, 0.15) is 0 Å². The predicted octanol–water partition coefficient (Wildman–Crippen LogP) is 3.90. The first-order valence-corrected chi connectivity index (χ1v) is 9.86. The maximum atomic E-state index is 12.1. The number of aromatic nitrogens is 1. The van der Waals surface area contributed by atoms with Gasteiger partial charge in [-0.1, -0.05) is 23.7 Å². The molecule has 1 aliphatic heterocycles. The molecule has 2 heterocycles. The molecule has 2 N–H and O–H groups in total. The Labute approximate surface area is 165 Å². The lowest BCUT2D eigenvalue weighted by Crippen LogP contribution is -2.54. The molecular formula is C21H25ClN4O. The second-order valence-corrected chi connectivity index (χ2v) is 8.32. The summed E-state index contributed by atoms with van der Waals surface area (Å²) >= 11 is 5.88. The second-order valence-electron chi connectivity index (χ2n) is 7.89. The van der Waals surface area contributed by atoms with E-state index in [-0.39, 0.29) is 12.1 Å². The number of benzene rings is 1. The van der Waals surface area contributed by atoms with E-state index < -0.39 is 0 Å². The zero-order valence-electron chi connectivity index (χ0n) is 15.5. The molecule has 142 valence electrons. The van der Waals surface area contributed by atoms with E-state index in [0.717, 1.165) is 37.2 Å². The van der Waals surface area contributed by atoms with Gasteiger partial charge in [-0.2, -0.15) is 0 Å². The Morgan fingerprint density at radius 3 is 2.81 bits per heavy atom. The van der Waals surface area contributed by atoms with E-state index in [1.807, 2.05) is 37.4 Å². The minimum atomic E-state index is -0.0931. The van der Waals surface area contributed by atoms with Gasteiger partial charge in [-0.15, -0.1) is 0 Å². The average molecular weight is 385 g/mol. The van der Waals surface area contributed by atoms with Crippen LogP contribution in [0.2, 0.25) is 5.02 Å². The lowest BCUT2D eigenvalue weighted by Gasteiger charge is -2.45. The van der Waals surface area contributed by atoms with Crippen molar-refractivity contribution >= 4 is 23.3 Å². The lowest BCUT2D eigenvalue weighted by atomic mass is 9.65. The van der Waals surface area contributed by atoms with Crippen LogP contribution in [0.3, 0.4) is 0 Å². The number of aryl methyl sites for hydroxylation is 1. The number of anilines is 1. The van der Waals surface area contributed by atoms with Crippen LogP contribution < -0.4 is 15.5 Å². The van der Waals surface area contributed by atoms with Crippen LogP contribution in [0, 0.1) is 12.3 Å². The summed E-state index contributed by atoms with van der Waals surface area (Å²) in [5, 5.41) is 6.74. The number of rotatable bonds is 4. The fourth-order valence-electron chi connectivity index (χ4n) is 4.32. The van der Waals surface area contributed by atoms with Crippen LogP contribution >= 0.6 is 11.6 Å². The molecule has 0 bridgehead atoms. The number of hydrogen-bond acceptors (Lipinski definition) is 3. The number of nitrogens with one attached hydrogen (secondary N) is 2. The summed E-state index contributed by atoms with van der Waals surface area (Å²) < 4.78 is 0. The fourth-order valence-corrected chi connectivity index (χ4v) is 4.45. The van der Waals surface area contributed by atoms with Gasteiger partial charge in [0.05, 0.1) is 0 Å². The molecule has 6 heteroatoms. The summed E-state index contributed by atoms with van der Waals surface area (Å²) in [7, 11) is 0. The lowest BCUT2D eigenvalue weighted by molar-refractivity contribution is 0.111. The fraction of sp³-hybridized carbons (Fsp3) is 0.429. The van der Waals surface area contributed by atoms with E-state index in [1.54, 1.807) is 0 Å². The van der Waals surface area contributed by atoms with Gasteiger partial charge in [0.2, 0.25) is 0 Å². The third kappa shape index (κ3) is 4.19. The van der Waals surface area contributed by atoms with Crippen molar-refractivity contribution in [3.63, 3.8) is 0 Å². The third-order valence-corrected chi connectivity index (χ3v) is 6.00. The van der Waals surface area contributed by atoms with Gasteiger partial charge < -0.3 is 15.5 Å². The van der Waals surface area contributed by atoms with E-state index in [0.29, 0.717) is 17.0 Å². The van der Waals surface area contributed by atoms with Gasteiger partial charge in [-0.05, 0) is 61.4 Å². The zero-order valence-corrected chi connectivity index (χ0v) is 16.3. The first-order valence-electron chi connectivity index (χ1n) is 9.48. The molecule has 1 spiro atoms. The SMILES string of the molecule is Cc1cc(N2CC[C@]3(C2)C[C@@H](NC(=O)NCc2ccc(Cl)cc2)C3)ccn1. The molecule has 5 nitrogen and oxygen atoms in total. The number of amides is 2. The molecule has 1 aromatic carbocycles. The summed E-state index contributed by atoms with van der Waals surface area (Å²) in [6, 6.07) is 11.9. The van der Waals surface area contributed by atoms with Gasteiger partial charge >= 0.3 is 6.03 Å². The molecule has 1 aliphatic carbocycles. The van der Waals surface area contributed by atoms with Crippen LogP contribution in [0.4, 0.5) is 10.5 Å². The van der Waals surface area contributed by atoms with Crippen molar-refractivity contribution in [1.29, 1.82) is 0 Å². The highest BCUT2D eigenvalue weighted by Crippen LogP contribution is 2.49. The second kappa shape index (κ2) is 7.39. The highest BCUT2D eigenvalue weighted by atomic mass is 35.5. The number of pyridine rings is 1. The molecule has 1 aromatic heterocycles. The molecule has 0 radical (unpaired) electrons. The molecule has 1 saturated heterocycles. The molecule has 2 fully saturated rings. The molecule has 0 unspecified atom stereocenters. The van der Waals surface area contributed by atoms with E-state index in [9.17, 15) is 4.79 Å². The number of urea groups is 1. The molecule has 2 aliphatic rings. The Morgan fingerprint density at radius 1 is 1.30 bits per heavy atom. The van der Waals surface area contributed by atoms with Crippen LogP contribution in [-0.4, -0.2) is 30.1 Å².